The molecule has 0 unspecified atom stereocenters. The van der Waals surface area contributed by atoms with Crippen molar-refractivity contribution in [2.24, 2.45) is 0 Å². The second-order valence-corrected chi connectivity index (χ2v) is 7.09. The highest BCUT2D eigenvalue weighted by Crippen LogP contribution is 2.21. The van der Waals surface area contributed by atoms with Crippen molar-refractivity contribution in [3.8, 4) is 0 Å². The Morgan fingerprint density at radius 2 is 2.04 bits per heavy atom. The van der Waals surface area contributed by atoms with Gasteiger partial charge in [0, 0.05) is 32.5 Å². The maximum atomic E-state index is 12.5. The Labute approximate surface area is 136 Å². The van der Waals surface area contributed by atoms with Gasteiger partial charge in [-0.05, 0) is 17.5 Å². The molecule has 0 fully saturated rings. The van der Waals surface area contributed by atoms with Crippen molar-refractivity contribution in [3.05, 3.63) is 47.7 Å². The van der Waals surface area contributed by atoms with E-state index < -0.39 is 10.2 Å². The number of aromatic nitrogens is 2. The number of fused-ring (bicyclic) bond motifs is 1. The van der Waals surface area contributed by atoms with Gasteiger partial charge >= 0.3 is 10.2 Å². The van der Waals surface area contributed by atoms with Gasteiger partial charge in [-0.15, -0.1) is 0 Å². The molecule has 8 heteroatoms. The number of nitrogens with one attached hydrogen (secondary N) is 1. The molecule has 0 spiro atoms. The summed E-state index contributed by atoms with van der Waals surface area (Å²) in [6.45, 7) is 1.96. The minimum Gasteiger partial charge on any atom is -0.383 e. The number of anilines is 1. The smallest absolute Gasteiger partial charge is 0.303 e. The highest BCUT2D eigenvalue weighted by Gasteiger charge is 2.27. The van der Waals surface area contributed by atoms with Crippen LogP contribution in [0.3, 0.4) is 0 Å². The summed E-state index contributed by atoms with van der Waals surface area (Å²) in [7, 11) is -2.00. The lowest BCUT2D eigenvalue weighted by Crippen LogP contribution is -2.39. The van der Waals surface area contributed by atoms with Crippen LogP contribution in [0.25, 0.3) is 0 Å². The van der Waals surface area contributed by atoms with Crippen LogP contribution in [0.5, 0.6) is 0 Å². The maximum Gasteiger partial charge on any atom is 0.303 e. The lowest BCUT2D eigenvalue weighted by Gasteiger charge is -2.27. The summed E-state index contributed by atoms with van der Waals surface area (Å²) >= 11 is 0. The lowest BCUT2D eigenvalue weighted by molar-refractivity contribution is 0.183. The molecule has 0 bridgehead atoms. The average molecular weight is 336 g/mol. The molecule has 0 radical (unpaired) electrons. The van der Waals surface area contributed by atoms with Gasteiger partial charge in [0.2, 0.25) is 0 Å². The molecular weight excluding hydrogens is 316 g/mol. The maximum absolute atomic E-state index is 12.5. The molecule has 0 saturated carbocycles. The normalized spacial score (nSPS) is 15.3. The number of ether oxygens (including phenoxy) is 1. The van der Waals surface area contributed by atoms with Gasteiger partial charge < -0.3 is 4.74 Å². The summed E-state index contributed by atoms with van der Waals surface area (Å²) in [6, 6.07) is 9.57. The zero-order valence-corrected chi connectivity index (χ0v) is 13.8. The largest absolute Gasteiger partial charge is 0.383 e. The van der Waals surface area contributed by atoms with Gasteiger partial charge in [-0.1, -0.05) is 24.3 Å². The first kappa shape index (κ1) is 16.0. The SMILES string of the molecule is COCCn1ccc(NS(=O)(=O)N2CCc3ccccc3C2)n1. The molecule has 1 aliphatic rings. The number of nitrogens with zero attached hydrogens (tertiary/aromatic N) is 3. The van der Waals surface area contributed by atoms with Crippen molar-refractivity contribution in [2.75, 3.05) is 25.0 Å². The molecule has 1 aliphatic heterocycles. The Bertz CT molecular complexity index is 773. The van der Waals surface area contributed by atoms with E-state index in [0.717, 1.165) is 12.0 Å². The van der Waals surface area contributed by atoms with Gasteiger partial charge in [0.1, 0.15) is 0 Å². The Hall–Kier alpha value is -1.90. The summed E-state index contributed by atoms with van der Waals surface area (Å²) in [4.78, 5) is 0. The van der Waals surface area contributed by atoms with Crippen LogP contribution in [-0.4, -0.2) is 42.8 Å². The van der Waals surface area contributed by atoms with Crippen molar-refractivity contribution >= 4 is 16.0 Å². The van der Waals surface area contributed by atoms with Crippen molar-refractivity contribution in [1.82, 2.24) is 14.1 Å². The fraction of sp³-hybridized carbons (Fsp3) is 0.400. The zero-order chi connectivity index (χ0) is 16.3. The van der Waals surface area contributed by atoms with E-state index in [4.69, 9.17) is 4.74 Å². The molecule has 0 saturated heterocycles. The van der Waals surface area contributed by atoms with Crippen LogP contribution in [0.1, 0.15) is 11.1 Å². The van der Waals surface area contributed by atoms with Crippen LogP contribution < -0.4 is 4.72 Å². The standard InChI is InChI=1S/C15H20N4O3S/c1-22-11-10-18-8-7-15(16-18)17-23(20,21)19-9-6-13-4-2-3-5-14(13)12-19/h2-5,7-8H,6,9-12H2,1H3,(H,16,17). The molecule has 1 N–H and O–H groups in total. The van der Waals surface area contributed by atoms with Crippen molar-refractivity contribution in [1.29, 1.82) is 0 Å². The highest BCUT2D eigenvalue weighted by atomic mass is 32.2. The van der Waals surface area contributed by atoms with Crippen LogP contribution in [0.4, 0.5) is 5.82 Å². The minimum atomic E-state index is -3.61. The number of rotatable bonds is 6. The molecular formula is C15H20N4O3S. The van der Waals surface area contributed by atoms with Gasteiger partial charge in [0.15, 0.2) is 5.82 Å². The van der Waals surface area contributed by atoms with Crippen molar-refractivity contribution < 1.29 is 13.2 Å². The van der Waals surface area contributed by atoms with Crippen LogP contribution in [-0.2, 0) is 34.5 Å². The zero-order valence-electron chi connectivity index (χ0n) is 13.0. The van der Waals surface area contributed by atoms with Gasteiger partial charge in [-0.2, -0.15) is 17.8 Å². The first-order valence-electron chi connectivity index (χ1n) is 7.45. The lowest BCUT2D eigenvalue weighted by atomic mass is 10.0. The van der Waals surface area contributed by atoms with Gasteiger partial charge in [0.25, 0.3) is 0 Å². The molecule has 2 aromatic rings. The van der Waals surface area contributed by atoms with E-state index >= 15 is 0 Å². The van der Waals surface area contributed by atoms with Crippen LogP contribution in [0.2, 0.25) is 0 Å². The summed E-state index contributed by atoms with van der Waals surface area (Å²) in [6.07, 6.45) is 2.45. The van der Waals surface area contributed by atoms with Crippen LogP contribution in [0.15, 0.2) is 36.5 Å². The molecule has 7 nitrogen and oxygen atoms in total. The second kappa shape index (κ2) is 6.69. The van der Waals surface area contributed by atoms with E-state index in [9.17, 15) is 8.42 Å². The number of hydrogen-bond donors (Lipinski definition) is 1. The Kier molecular flexibility index (Phi) is 4.65. The molecule has 124 valence electrons. The Morgan fingerprint density at radius 1 is 1.26 bits per heavy atom. The van der Waals surface area contributed by atoms with E-state index in [0.29, 0.717) is 32.1 Å². The van der Waals surface area contributed by atoms with E-state index in [1.807, 2.05) is 24.3 Å². The molecule has 2 heterocycles. The predicted molar refractivity (Wildman–Crippen MR) is 87.2 cm³/mol. The third kappa shape index (κ3) is 3.72. The summed E-state index contributed by atoms with van der Waals surface area (Å²) in [5.74, 6) is 0.319. The van der Waals surface area contributed by atoms with Gasteiger partial charge in [-0.3, -0.25) is 9.40 Å². The second-order valence-electron chi connectivity index (χ2n) is 5.42. The third-order valence-electron chi connectivity index (χ3n) is 3.83. The molecule has 1 aromatic heterocycles. The van der Waals surface area contributed by atoms with Crippen molar-refractivity contribution in [2.45, 2.75) is 19.5 Å². The molecule has 1 aromatic carbocycles. The molecule has 0 amide bonds. The average Bonchev–Trinajstić information content (AvgIpc) is 2.99. The molecule has 23 heavy (non-hydrogen) atoms. The fourth-order valence-electron chi connectivity index (χ4n) is 2.60. The van der Waals surface area contributed by atoms with Crippen molar-refractivity contribution in [3.63, 3.8) is 0 Å². The van der Waals surface area contributed by atoms with E-state index in [1.165, 1.54) is 9.87 Å². The fourth-order valence-corrected chi connectivity index (χ4v) is 3.74. The van der Waals surface area contributed by atoms with E-state index in [1.54, 1.807) is 24.1 Å². The van der Waals surface area contributed by atoms with Gasteiger partial charge in [-0.25, -0.2) is 0 Å². The number of methoxy groups -OCH3 is 1. The Morgan fingerprint density at radius 3 is 2.83 bits per heavy atom. The Balaban J connectivity index is 1.69. The number of benzene rings is 1. The first-order chi connectivity index (χ1) is 11.1. The summed E-state index contributed by atoms with van der Waals surface area (Å²) < 4.78 is 35.7. The molecule has 3 rings (SSSR count). The van der Waals surface area contributed by atoms with E-state index in [2.05, 4.69) is 9.82 Å². The summed E-state index contributed by atoms with van der Waals surface area (Å²) in [5.41, 5.74) is 2.26. The monoisotopic (exact) mass is 336 g/mol. The molecule has 0 atom stereocenters. The molecule has 0 aliphatic carbocycles. The first-order valence-corrected chi connectivity index (χ1v) is 8.89. The minimum absolute atomic E-state index is 0.319. The quantitative estimate of drug-likeness (QED) is 0.861. The predicted octanol–water partition coefficient (Wildman–Crippen LogP) is 1.24. The van der Waals surface area contributed by atoms with Crippen LogP contribution in [0, 0.1) is 0 Å². The third-order valence-corrected chi connectivity index (χ3v) is 5.29. The topological polar surface area (TPSA) is 76.5 Å². The highest BCUT2D eigenvalue weighted by molar-refractivity contribution is 7.90. The number of hydrogen-bond acceptors (Lipinski definition) is 4. The van der Waals surface area contributed by atoms with Gasteiger partial charge in [0.05, 0.1) is 13.2 Å². The summed E-state index contributed by atoms with van der Waals surface area (Å²) in [5, 5.41) is 4.19. The van der Waals surface area contributed by atoms with Crippen LogP contribution >= 0.6 is 0 Å². The van der Waals surface area contributed by atoms with E-state index in [-0.39, 0.29) is 0 Å².